The lowest BCUT2D eigenvalue weighted by Crippen LogP contribution is -2.45. The second-order valence-electron chi connectivity index (χ2n) is 10.9. The third kappa shape index (κ3) is 7.03. The summed E-state index contributed by atoms with van der Waals surface area (Å²) >= 11 is 1.34. The van der Waals surface area contributed by atoms with Crippen molar-refractivity contribution in [1.29, 1.82) is 0 Å². The Morgan fingerprint density at radius 3 is 2.28 bits per heavy atom. The van der Waals surface area contributed by atoms with Crippen LogP contribution < -0.4 is 10.2 Å². The fourth-order valence-corrected chi connectivity index (χ4v) is 8.93. The number of aryl methyl sites for hydroxylation is 2. The first-order valence-corrected chi connectivity index (χ1v) is 16.0. The fraction of sp³-hybridized carbons (Fsp3) is 0.483. The summed E-state index contributed by atoms with van der Waals surface area (Å²) in [5.41, 5.74) is 3.24. The maximum atomic E-state index is 13.7. The highest BCUT2D eigenvalue weighted by atomic mass is 32.2. The molecule has 8 nitrogen and oxygen atoms in total. The summed E-state index contributed by atoms with van der Waals surface area (Å²) in [7, 11) is -3.20. The van der Waals surface area contributed by atoms with E-state index in [4.69, 9.17) is 4.74 Å². The van der Waals surface area contributed by atoms with Crippen LogP contribution >= 0.6 is 11.8 Å². The topological polar surface area (TPSA) is 105 Å². The average molecular weight is 572 g/mol. The van der Waals surface area contributed by atoms with Crippen molar-refractivity contribution in [3.63, 3.8) is 0 Å². The molecule has 0 radical (unpaired) electrons. The first kappa shape index (κ1) is 29.1. The van der Waals surface area contributed by atoms with Crippen LogP contribution in [0.5, 0.6) is 0 Å². The zero-order chi connectivity index (χ0) is 28.4. The van der Waals surface area contributed by atoms with E-state index in [0.717, 1.165) is 35.2 Å². The molecule has 0 aliphatic carbocycles. The first-order chi connectivity index (χ1) is 18.4. The van der Waals surface area contributed by atoms with Gasteiger partial charge in [0.25, 0.3) is 5.91 Å². The number of thioether (sulfide) groups is 1. The molecule has 2 amide bonds. The van der Waals surface area contributed by atoms with Crippen molar-refractivity contribution in [1.82, 2.24) is 5.32 Å². The third-order valence-electron chi connectivity index (χ3n) is 6.75. The maximum absolute atomic E-state index is 13.7. The summed E-state index contributed by atoms with van der Waals surface area (Å²) in [5.74, 6) is -0.444. The van der Waals surface area contributed by atoms with Crippen molar-refractivity contribution < 1.29 is 22.7 Å². The van der Waals surface area contributed by atoms with Gasteiger partial charge in [0.15, 0.2) is 15.0 Å². The smallest absolute Gasteiger partial charge is 0.408 e. The summed E-state index contributed by atoms with van der Waals surface area (Å²) in [4.78, 5) is 32.9. The van der Waals surface area contributed by atoms with Crippen LogP contribution in [0.2, 0.25) is 0 Å². The molecule has 0 unspecified atom stereocenters. The molecule has 0 spiro atoms. The van der Waals surface area contributed by atoms with Gasteiger partial charge >= 0.3 is 6.09 Å². The molecule has 2 saturated heterocycles. The van der Waals surface area contributed by atoms with E-state index in [0.29, 0.717) is 5.17 Å². The molecule has 2 aliphatic rings. The molecule has 2 aliphatic heterocycles. The molecule has 2 aromatic rings. The number of ether oxygens (including phenoxy) is 1. The van der Waals surface area contributed by atoms with Crippen LogP contribution in [0.4, 0.5) is 10.5 Å². The van der Waals surface area contributed by atoms with Gasteiger partial charge in [-0.1, -0.05) is 74.1 Å². The highest BCUT2D eigenvalue weighted by Crippen LogP contribution is 2.43. The van der Waals surface area contributed by atoms with Crippen molar-refractivity contribution in [2.24, 2.45) is 4.99 Å². The van der Waals surface area contributed by atoms with E-state index < -0.39 is 33.5 Å². The molecule has 3 atom stereocenters. The summed E-state index contributed by atoms with van der Waals surface area (Å²) in [6.45, 7) is 9.41. The van der Waals surface area contributed by atoms with Gasteiger partial charge in [0.2, 0.25) is 0 Å². The quantitative estimate of drug-likeness (QED) is 0.520. The number of carbonyl (C=O) groups is 2. The van der Waals surface area contributed by atoms with Gasteiger partial charge in [-0.05, 0) is 50.3 Å². The molecular formula is C29H37N3O5S2. The summed E-state index contributed by atoms with van der Waals surface area (Å²) in [6.07, 6.45) is 1.06. The highest BCUT2D eigenvalue weighted by molar-refractivity contribution is 8.16. The SMILES string of the molecule is CCc1cccc(CC)c1N1C(=NC(=O)[C@H](Cc2ccccc2)NC(=O)OC(C)(C)C)S[C@@H]2CS(=O)(=O)C[C@@H]21. The van der Waals surface area contributed by atoms with Crippen molar-refractivity contribution in [2.45, 2.75) is 76.8 Å². The number of aliphatic imine (C=N–C) groups is 1. The van der Waals surface area contributed by atoms with Crippen LogP contribution in [0.1, 0.15) is 51.3 Å². The molecule has 0 aromatic heterocycles. The number of amidine groups is 1. The highest BCUT2D eigenvalue weighted by Gasteiger charge is 2.50. The average Bonchev–Trinajstić information content (AvgIpc) is 3.32. The van der Waals surface area contributed by atoms with E-state index >= 15 is 0 Å². The van der Waals surface area contributed by atoms with Crippen LogP contribution in [0, 0.1) is 0 Å². The van der Waals surface area contributed by atoms with Crippen molar-refractivity contribution in [3.8, 4) is 0 Å². The Bertz CT molecular complexity index is 1330. The van der Waals surface area contributed by atoms with Crippen molar-refractivity contribution >= 4 is 44.5 Å². The molecule has 0 saturated carbocycles. The van der Waals surface area contributed by atoms with Gasteiger partial charge in [0.1, 0.15) is 11.6 Å². The number of carbonyl (C=O) groups excluding carboxylic acids is 2. The van der Waals surface area contributed by atoms with Crippen LogP contribution in [0.15, 0.2) is 53.5 Å². The van der Waals surface area contributed by atoms with E-state index in [-0.39, 0.29) is 29.2 Å². The van der Waals surface area contributed by atoms with E-state index in [2.05, 4.69) is 24.2 Å². The monoisotopic (exact) mass is 571 g/mol. The Morgan fingerprint density at radius 2 is 1.69 bits per heavy atom. The second kappa shape index (κ2) is 11.7. The minimum atomic E-state index is -3.20. The van der Waals surface area contributed by atoms with Gasteiger partial charge in [-0.3, -0.25) is 4.79 Å². The predicted molar refractivity (Wildman–Crippen MR) is 157 cm³/mol. The largest absolute Gasteiger partial charge is 0.444 e. The van der Waals surface area contributed by atoms with Gasteiger partial charge in [-0.2, -0.15) is 4.99 Å². The number of fused-ring (bicyclic) bond motifs is 1. The number of para-hydroxylation sites is 1. The summed E-state index contributed by atoms with van der Waals surface area (Å²) < 4.78 is 30.6. The lowest BCUT2D eigenvalue weighted by Gasteiger charge is -2.29. The summed E-state index contributed by atoms with van der Waals surface area (Å²) in [6, 6.07) is 14.2. The van der Waals surface area contributed by atoms with E-state index in [1.165, 1.54) is 11.8 Å². The standard InChI is InChI=1S/C29H37N3O5S2/c1-6-20-14-11-15-21(7-2)25(20)32-23-17-39(35,36)18-24(23)38-27(32)31-26(33)22(16-19-12-9-8-10-13-19)30-28(34)37-29(3,4)5/h8-15,22-24H,6-7,16-18H2,1-5H3,(H,30,34)/t22-,23-,24+/m0/s1. The number of nitrogens with zero attached hydrogens (tertiary/aromatic N) is 2. The second-order valence-corrected chi connectivity index (χ2v) is 14.3. The number of rotatable bonds is 7. The normalized spacial score (nSPS) is 22.0. The molecule has 39 heavy (non-hydrogen) atoms. The predicted octanol–water partition coefficient (Wildman–Crippen LogP) is 4.55. The molecular weight excluding hydrogens is 534 g/mol. The van der Waals surface area contributed by atoms with E-state index in [1.54, 1.807) is 20.8 Å². The van der Waals surface area contributed by atoms with Gasteiger partial charge in [-0.15, -0.1) is 0 Å². The summed E-state index contributed by atoms with van der Waals surface area (Å²) in [5, 5.41) is 2.97. The van der Waals surface area contributed by atoms with Crippen LogP contribution in [-0.4, -0.2) is 60.0 Å². The van der Waals surface area contributed by atoms with E-state index in [1.807, 2.05) is 53.4 Å². The number of hydrogen-bond acceptors (Lipinski definition) is 6. The van der Waals surface area contributed by atoms with E-state index in [9.17, 15) is 18.0 Å². The Kier molecular flexibility index (Phi) is 8.75. The number of amides is 2. The Balaban J connectivity index is 1.73. The first-order valence-electron chi connectivity index (χ1n) is 13.3. The van der Waals surface area contributed by atoms with Gasteiger partial charge < -0.3 is 15.0 Å². The van der Waals surface area contributed by atoms with Crippen LogP contribution in [0.25, 0.3) is 0 Å². The molecule has 2 aromatic carbocycles. The number of benzene rings is 2. The Morgan fingerprint density at radius 1 is 1.05 bits per heavy atom. The molecule has 2 heterocycles. The number of anilines is 1. The number of hydrogen-bond donors (Lipinski definition) is 1. The van der Waals surface area contributed by atoms with Crippen molar-refractivity contribution in [2.75, 3.05) is 16.4 Å². The number of nitrogens with one attached hydrogen (secondary N) is 1. The lowest BCUT2D eigenvalue weighted by atomic mass is 10.0. The number of sulfone groups is 1. The maximum Gasteiger partial charge on any atom is 0.408 e. The van der Waals surface area contributed by atoms with Gasteiger partial charge in [-0.25, -0.2) is 13.2 Å². The molecule has 4 rings (SSSR count). The molecule has 2 fully saturated rings. The zero-order valence-electron chi connectivity index (χ0n) is 23.1. The Labute approximate surface area is 235 Å². The fourth-order valence-electron chi connectivity index (χ4n) is 5.02. The molecule has 210 valence electrons. The third-order valence-corrected chi connectivity index (χ3v) is 9.96. The molecule has 1 N–H and O–H groups in total. The lowest BCUT2D eigenvalue weighted by molar-refractivity contribution is -0.119. The van der Waals surface area contributed by atoms with Gasteiger partial charge in [0, 0.05) is 17.4 Å². The van der Waals surface area contributed by atoms with Crippen LogP contribution in [-0.2, 0) is 38.6 Å². The zero-order valence-corrected chi connectivity index (χ0v) is 24.8. The number of alkyl carbamates (subject to hydrolysis) is 1. The molecule has 0 bridgehead atoms. The van der Waals surface area contributed by atoms with Gasteiger partial charge in [0.05, 0.1) is 17.5 Å². The minimum absolute atomic E-state index is 0.0166. The van der Waals surface area contributed by atoms with Crippen LogP contribution in [0.3, 0.4) is 0 Å². The van der Waals surface area contributed by atoms with Crippen molar-refractivity contribution in [3.05, 3.63) is 65.2 Å². The molecule has 10 heteroatoms. The minimum Gasteiger partial charge on any atom is -0.444 e. The Hall–Kier alpha value is -2.85.